The van der Waals surface area contributed by atoms with Gasteiger partial charge < -0.3 is 13.6 Å². The van der Waals surface area contributed by atoms with Crippen molar-refractivity contribution in [2.24, 2.45) is 14.0 Å². The second kappa shape index (κ2) is 21.8. The Hall–Kier alpha value is -13.8. The molecule has 490 valence electrons. The monoisotopic (exact) mass is 1370 g/mol. The summed E-state index contributed by atoms with van der Waals surface area (Å²) in [5.74, 6) is 4.70. The summed E-state index contributed by atoms with van der Waals surface area (Å²) >= 11 is 1.80. The van der Waals surface area contributed by atoms with Crippen molar-refractivity contribution in [3.05, 3.63) is 274 Å². The predicted octanol–water partition coefficient (Wildman–Crippen LogP) is 10.1. The Morgan fingerprint density at radius 3 is 1.52 bits per heavy atom. The highest BCUT2D eigenvalue weighted by molar-refractivity contribution is 7.23. The third kappa shape index (κ3) is 8.35. The van der Waals surface area contributed by atoms with Crippen LogP contribution in [0.3, 0.4) is 0 Å². The fraction of sp³-hybridized carbons (Fsp3) is 0.0897. The first-order valence-corrected chi connectivity index (χ1v) is 34.4. The molecule has 1 aromatic carbocycles. The summed E-state index contributed by atoms with van der Waals surface area (Å²) < 4.78 is 58.8. The van der Waals surface area contributed by atoms with Gasteiger partial charge in [-0.2, -0.15) is 22.0 Å². The number of pyridine rings is 10. The summed E-state index contributed by atoms with van der Waals surface area (Å²) in [4.78, 5) is 44.8. The van der Waals surface area contributed by atoms with E-state index in [1.54, 1.807) is 36.1 Å². The first-order chi connectivity index (χ1) is 52.1. The maximum atomic E-state index is 7.97. The van der Waals surface area contributed by atoms with Gasteiger partial charge in [-0.05, 0) is 91.0 Å². The number of imidazole rings is 8. The summed E-state index contributed by atoms with van der Waals surface area (Å²) in [7, 11) is 2.09. The molecule has 0 amide bonds. The third-order valence-corrected chi connectivity index (χ3v) is 21.4. The zero-order valence-corrected chi connectivity index (χ0v) is 55.5. The molecule has 5 aliphatic rings. The lowest BCUT2D eigenvalue weighted by atomic mass is 10.2. The van der Waals surface area contributed by atoms with E-state index >= 15 is 0 Å². The molecule has 0 aliphatic carbocycles. The van der Waals surface area contributed by atoms with E-state index in [1.165, 1.54) is 64.9 Å². The lowest BCUT2D eigenvalue weighted by Gasteiger charge is -2.02. The van der Waals surface area contributed by atoms with Crippen molar-refractivity contribution < 1.29 is 31.4 Å². The van der Waals surface area contributed by atoms with Crippen LogP contribution in [0.2, 0.25) is 0 Å². The summed E-state index contributed by atoms with van der Waals surface area (Å²) in [5, 5.41) is 0. The smallest absolute Gasteiger partial charge is 0.336 e. The molecule has 0 fully saturated rings. The Bertz CT molecular complexity index is 7090. The normalized spacial score (nSPS) is 13.5. The van der Waals surface area contributed by atoms with E-state index in [-0.39, 0.29) is 0 Å². The van der Waals surface area contributed by atoms with Crippen LogP contribution < -0.4 is 22.8 Å². The molecular formula is C78H56N23OS+5. The number of thiazole rings is 1. The molecule has 25 heteroatoms. The van der Waals surface area contributed by atoms with Gasteiger partial charge in [0.2, 0.25) is 16.2 Å². The lowest BCUT2D eigenvalue weighted by Crippen LogP contribution is -2.30. The molecule has 20 aromatic heterocycles. The van der Waals surface area contributed by atoms with Gasteiger partial charge in [0.15, 0.2) is 51.8 Å². The molecular weight excluding hydrogens is 1310 g/mol. The van der Waals surface area contributed by atoms with Crippen LogP contribution in [-0.4, -0.2) is 85.5 Å². The molecule has 21 aromatic rings. The molecule has 26 rings (SSSR count). The van der Waals surface area contributed by atoms with Crippen molar-refractivity contribution in [2.45, 2.75) is 32.7 Å². The number of hydrogen-bond donors (Lipinski definition) is 0. The van der Waals surface area contributed by atoms with Gasteiger partial charge >= 0.3 is 5.71 Å². The molecule has 103 heavy (non-hydrogen) atoms. The van der Waals surface area contributed by atoms with Gasteiger partial charge in [0.1, 0.15) is 50.0 Å². The summed E-state index contributed by atoms with van der Waals surface area (Å²) in [6, 6.07) is 40.8. The molecule has 5 aliphatic heterocycles. The van der Waals surface area contributed by atoms with Crippen molar-refractivity contribution in [2.75, 3.05) is 0 Å². The largest absolute Gasteiger partial charge is 0.415 e. The third-order valence-electron chi connectivity index (χ3n) is 20.3. The maximum Gasteiger partial charge on any atom is 0.336 e. The van der Waals surface area contributed by atoms with E-state index in [4.69, 9.17) is 8.53 Å². The van der Waals surface area contributed by atoms with Crippen molar-refractivity contribution in [1.29, 1.82) is 0 Å². The zero-order valence-electron chi connectivity index (χ0n) is 57.7. The topological polar surface area (TPSA) is 198 Å². The molecule has 0 saturated heterocycles. The van der Waals surface area contributed by atoms with Crippen LogP contribution in [0.1, 0.15) is 32.6 Å². The van der Waals surface area contributed by atoms with Gasteiger partial charge in [0.25, 0.3) is 40.9 Å². The van der Waals surface area contributed by atoms with E-state index < -0.39 is 6.98 Å². The average molecular weight is 1370 g/mol. The number of aromatic nitrogens is 23. The predicted molar refractivity (Wildman–Crippen MR) is 384 cm³/mol. The van der Waals surface area contributed by atoms with Crippen molar-refractivity contribution >= 4 is 93.2 Å². The van der Waals surface area contributed by atoms with Gasteiger partial charge in [-0.25, -0.2) is 22.8 Å². The Morgan fingerprint density at radius 2 is 0.883 bits per heavy atom. The highest BCUT2D eigenvalue weighted by Crippen LogP contribution is 2.38. The molecule has 0 bridgehead atoms. The molecule has 0 spiro atoms. The summed E-state index contributed by atoms with van der Waals surface area (Å²) in [6.07, 6.45) is 38.0. The van der Waals surface area contributed by atoms with Crippen LogP contribution in [0.4, 0.5) is 0 Å². The molecule has 0 atom stereocenters. The average Bonchev–Trinajstić information content (AvgIpc) is 1.48. The van der Waals surface area contributed by atoms with Gasteiger partial charge in [-0.1, -0.05) is 29.5 Å². The van der Waals surface area contributed by atoms with Crippen molar-refractivity contribution in [1.82, 2.24) is 85.5 Å². The maximum absolute atomic E-state index is 7.97. The van der Waals surface area contributed by atoms with Crippen LogP contribution in [0.15, 0.2) is 250 Å². The number of oxazole rings is 1. The van der Waals surface area contributed by atoms with Gasteiger partial charge in [0, 0.05) is 97.9 Å². The minimum atomic E-state index is -2.29. The highest BCUT2D eigenvalue weighted by Gasteiger charge is 2.39. The Kier molecular flexibility index (Phi) is 11.5. The second-order valence-corrected chi connectivity index (χ2v) is 26.9. The second-order valence-electron chi connectivity index (χ2n) is 25.9. The number of fused-ring (bicyclic) bond motifs is 35. The van der Waals surface area contributed by atoms with E-state index in [0.717, 1.165) is 128 Å². The SMILES string of the molecule is Cn1c2ccncc2n2c3[n+](cc12)Cc1ncccc1-3.[2H]C([2H])([2H])n1c2cnccc2n2c[n+]3c(c12)-c1cccnc1C3.c1ccc(-n2c3ccncc3n3c4[n+](cc23)Cc2ncccc2-4)cc1.c1cnc2c(c1)-c1n3c(c[n+]1C2)oc1ccncc13.c1cnc2c(c1)-c1n3c(c[n+]1C2)sc1ccncc13. The van der Waals surface area contributed by atoms with Crippen LogP contribution in [-0.2, 0) is 46.7 Å². The Balaban J connectivity index is 0.0000000830. The molecule has 25 heterocycles. The molecule has 24 nitrogen and oxygen atoms in total. The first kappa shape index (κ1) is 54.1. The van der Waals surface area contributed by atoms with Crippen molar-refractivity contribution in [3.8, 4) is 62.5 Å². The van der Waals surface area contributed by atoms with Crippen LogP contribution in [0.5, 0.6) is 0 Å². The summed E-state index contributed by atoms with van der Waals surface area (Å²) in [5.41, 5.74) is 26.1. The van der Waals surface area contributed by atoms with Crippen LogP contribution >= 0.6 is 11.3 Å². The van der Waals surface area contributed by atoms with Crippen LogP contribution in [0, 0.1) is 0 Å². The van der Waals surface area contributed by atoms with Crippen LogP contribution in [0.25, 0.3) is 144 Å². The number of para-hydroxylation sites is 1. The van der Waals surface area contributed by atoms with E-state index in [9.17, 15) is 0 Å². The standard InChI is InChI=1S/C20H14N5.2C15H12N5.C14H9N4O.C14H9N4S/c1-2-5-14(6-3-1)24-17-8-10-21-11-18(17)25-19(24)13-23-12-16-15(20(23)25)7-4-9-22-16;1-18-13-7-16-6-4-12(13)20-9-19-8-11-10(3-2-5-17-11)14(19)15(18)20;1-18-12-4-6-16-7-13(12)20-14(18)9-19-8-11-10(15(19)20)3-2-5-17-11;2*1-2-9-10(16-4-1)7-17-8-13-18(14(9)17)11-6-15-5-3-12(11)19-13/h1-11,13H,12H2;2*2-7,9H,8H2,1H3;2*1-6,8H,7H2/q5*+1/i;1D3;;;. The van der Waals surface area contributed by atoms with Gasteiger partial charge in [0.05, 0.1) is 97.5 Å². The quantitative estimate of drug-likeness (QED) is 0.142. The fourth-order valence-electron chi connectivity index (χ4n) is 16.0. The van der Waals surface area contributed by atoms with Gasteiger partial charge in [-0.15, -0.1) is 0 Å². The van der Waals surface area contributed by atoms with Crippen molar-refractivity contribution in [3.63, 3.8) is 0 Å². The fourth-order valence-corrected chi connectivity index (χ4v) is 17.0. The number of aryl methyl sites for hydroxylation is 2. The van der Waals surface area contributed by atoms with E-state index in [0.29, 0.717) is 17.7 Å². The first-order valence-electron chi connectivity index (χ1n) is 35.1. The van der Waals surface area contributed by atoms with Gasteiger partial charge in [-0.3, -0.25) is 54.4 Å². The molecule has 0 unspecified atom stereocenters. The Morgan fingerprint density at radius 1 is 0.398 bits per heavy atom. The lowest BCUT2D eigenvalue weighted by molar-refractivity contribution is -0.671. The highest BCUT2D eigenvalue weighted by atomic mass is 32.1. The number of nitrogens with zero attached hydrogens (tertiary/aromatic N) is 23. The minimum absolute atomic E-state index is 0.600. The number of rotatable bonds is 1. The Labute approximate surface area is 590 Å². The summed E-state index contributed by atoms with van der Waals surface area (Å²) in [6.45, 7) is 1.68. The molecule has 0 radical (unpaired) electrons. The zero-order chi connectivity index (χ0) is 70.2. The molecule has 0 saturated carbocycles. The minimum Gasteiger partial charge on any atom is -0.415 e. The van der Waals surface area contributed by atoms with E-state index in [2.05, 4.69) is 192 Å². The van der Waals surface area contributed by atoms with E-state index in [1.807, 2.05) is 140 Å². The number of benzene rings is 1. The molecule has 0 N–H and O–H groups in total. The number of hydrogen-bond acceptors (Lipinski definition) is 12.